The van der Waals surface area contributed by atoms with Crippen LogP contribution in [0.3, 0.4) is 0 Å². The monoisotopic (exact) mass is 347 g/mol. The van der Waals surface area contributed by atoms with Gasteiger partial charge in [-0.15, -0.1) is 11.8 Å². The molecule has 1 heterocycles. The van der Waals surface area contributed by atoms with Crippen molar-refractivity contribution >= 4 is 17.7 Å². The summed E-state index contributed by atoms with van der Waals surface area (Å²) in [7, 11) is 0. The molecule has 1 atom stereocenters. The molecule has 132 valence electrons. The number of likely N-dealkylation sites (tertiary alicyclic amines) is 1. The van der Waals surface area contributed by atoms with E-state index in [0.717, 1.165) is 42.0 Å². The number of nitrogens with zero attached hydrogens (tertiary/aromatic N) is 1. The first kappa shape index (κ1) is 17.8. The molecule has 1 aliphatic carbocycles. The number of aryl methyl sites for hydroxylation is 1. The van der Waals surface area contributed by atoms with E-state index in [9.17, 15) is 9.90 Å². The van der Waals surface area contributed by atoms with Gasteiger partial charge in [0.15, 0.2) is 0 Å². The summed E-state index contributed by atoms with van der Waals surface area (Å²) in [6, 6.07) is 6.31. The van der Waals surface area contributed by atoms with Crippen LogP contribution in [0.4, 0.5) is 0 Å². The van der Waals surface area contributed by atoms with Gasteiger partial charge < -0.3 is 10.0 Å². The van der Waals surface area contributed by atoms with Crippen molar-refractivity contribution in [3.8, 4) is 0 Å². The largest absolute Gasteiger partial charge is 0.393 e. The van der Waals surface area contributed by atoms with Crippen LogP contribution >= 0.6 is 11.8 Å². The van der Waals surface area contributed by atoms with Crippen LogP contribution in [-0.4, -0.2) is 40.4 Å². The van der Waals surface area contributed by atoms with E-state index in [2.05, 4.69) is 25.1 Å². The van der Waals surface area contributed by atoms with E-state index in [1.165, 1.54) is 25.7 Å². The van der Waals surface area contributed by atoms with Gasteiger partial charge in [-0.1, -0.05) is 24.5 Å². The fourth-order valence-corrected chi connectivity index (χ4v) is 5.20. The number of hydrogen-bond donors (Lipinski definition) is 1. The van der Waals surface area contributed by atoms with Crippen LogP contribution < -0.4 is 0 Å². The fraction of sp³-hybridized carbons (Fsp3) is 0.650. The molecule has 1 saturated carbocycles. The Morgan fingerprint density at radius 2 is 1.88 bits per heavy atom. The van der Waals surface area contributed by atoms with Crippen molar-refractivity contribution in [2.75, 3.05) is 13.1 Å². The Balaban J connectivity index is 1.72. The zero-order valence-electron chi connectivity index (χ0n) is 14.8. The maximum atomic E-state index is 13.1. The van der Waals surface area contributed by atoms with E-state index in [1.54, 1.807) is 0 Å². The Morgan fingerprint density at radius 1 is 1.21 bits per heavy atom. The highest BCUT2D eigenvalue weighted by Crippen LogP contribution is 2.37. The number of carbonyl (C=O) groups is 1. The predicted molar refractivity (Wildman–Crippen MR) is 99.6 cm³/mol. The van der Waals surface area contributed by atoms with Crippen molar-refractivity contribution in [1.29, 1.82) is 0 Å². The molecular weight excluding hydrogens is 318 g/mol. The zero-order chi connectivity index (χ0) is 17.1. The number of carbonyl (C=O) groups excluding carboxylic acids is 1. The van der Waals surface area contributed by atoms with Crippen molar-refractivity contribution in [2.45, 2.75) is 68.6 Å². The normalized spacial score (nSPS) is 21.2. The fourth-order valence-electron chi connectivity index (χ4n) is 3.85. The third-order valence-electron chi connectivity index (χ3n) is 5.47. The lowest BCUT2D eigenvalue weighted by atomic mass is 9.92. The molecule has 0 bridgehead atoms. The molecule has 1 unspecified atom stereocenters. The van der Waals surface area contributed by atoms with Gasteiger partial charge in [-0.2, -0.15) is 0 Å². The van der Waals surface area contributed by atoms with E-state index in [4.69, 9.17) is 0 Å². The molecule has 1 N–H and O–H groups in total. The van der Waals surface area contributed by atoms with Crippen LogP contribution in [0.1, 0.15) is 61.4 Å². The Labute approximate surface area is 149 Å². The minimum absolute atomic E-state index is 0.170. The number of aliphatic hydroxyl groups is 1. The molecule has 24 heavy (non-hydrogen) atoms. The summed E-state index contributed by atoms with van der Waals surface area (Å²) in [6.07, 6.45) is 6.72. The Bertz CT molecular complexity index is 573. The van der Waals surface area contributed by atoms with Gasteiger partial charge in [0.1, 0.15) is 0 Å². The molecule has 1 aromatic rings. The zero-order valence-corrected chi connectivity index (χ0v) is 15.6. The van der Waals surface area contributed by atoms with E-state index in [1.807, 2.05) is 23.6 Å². The topological polar surface area (TPSA) is 40.5 Å². The maximum absolute atomic E-state index is 13.1. The summed E-state index contributed by atoms with van der Waals surface area (Å²) in [4.78, 5) is 16.2. The van der Waals surface area contributed by atoms with Gasteiger partial charge in [-0.3, -0.25) is 4.79 Å². The van der Waals surface area contributed by atoms with Crippen LogP contribution in [0.5, 0.6) is 0 Å². The summed E-state index contributed by atoms with van der Waals surface area (Å²) in [5, 5.41) is 10.4. The minimum atomic E-state index is -0.269. The average Bonchev–Trinajstić information content (AvgIpc) is 3.09. The number of hydrogen-bond acceptors (Lipinski definition) is 3. The Kier molecular flexibility index (Phi) is 5.88. The molecule has 1 aliphatic heterocycles. The lowest BCUT2D eigenvalue weighted by Gasteiger charge is -2.33. The van der Waals surface area contributed by atoms with Crippen LogP contribution in [0.15, 0.2) is 23.1 Å². The minimum Gasteiger partial charge on any atom is -0.393 e. The Morgan fingerprint density at radius 3 is 2.50 bits per heavy atom. The van der Waals surface area contributed by atoms with Crippen LogP contribution in [-0.2, 0) is 0 Å². The lowest BCUT2D eigenvalue weighted by Crippen LogP contribution is -2.41. The molecule has 4 heteroatoms. The highest BCUT2D eigenvalue weighted by molar-refractivity contribution is 8.00. The summed E-state index contributed by atoms with van der Waals surface area (Å²) in [5.41, 5.74) is 2.02. The standard InChI is InChI=1S/C20H29NO2S/c1-14-7-8-19(24-17-5-3-4-6-17)18(13-14)20(23)21-11-9-16(10-12-21)15(2)22/h7-8,13,15-17,22H,3-6,9-12H2,1-2H3. The highest BCUT2D eigenvalue weighted by atomic mass is 32.2. The third kappa shape index (κ3) is 4.15. The van der Waals surface area contributed by atoms with Gasteiger partial charge in [0, 0.05) is 23.2 Å². The second-order valence-electron chi connectivity index (χ2n) is 7.39. The summed E-state index contributed by atoms with van der Waals surface area (Å²) >= 11 is 1.90. The number of amides is 1. The maximum Gasteiger partial charge on any atom is 0.254 e. The first-order chi connectivity index (χ1) is 11.5. The summed E-state index contributed by atoms with van der Waals surface area (Å²) in [5.74, 6) is 0.502. The number of aliphatic hydroxyl groups excluding tert-OH is 1. The van der Waals surface area contributed by atoms with E-state index < -0.39 is 0 Å². The molecule has 0 radical (unpaired) electrons. The molecule has 0 aromatic heterocycles. The average molecular weight is 348 g/mol. The van der Waals surface area contributed by atoms with Crippen LogP contribution in [0.25, 0.3) is 0 Å². The number of benzene rings is 1. The van der Waals surface area contributed by atoms with Gasteiger partial charge >= 0.3 is 0 Å². The van der Waals surface area contributed by atoms with Gasteiger partial charge in [0.2, 0.25) is 0 Å². The van der Waals surface area contributed by atoms with E-state index in [-0.39, 0.29) is 12.0 Å². The van der Waals surface area contributed by atoms with Crippen LogP contribution in [0.2, 0.25) is 0 Å². The first-order valence-corrected chi connectivity index (χ1v) is 10.2. The number of thioether (sulfide) groups is 1. The Hall–Kier alpha value is -1.00. The highest BCUT2D eigenvalue weighted by Gasteiger charge is 2.28. The molecule has 3 nitrogen and oxygen atoms in total. The molecule has 2 aliphatic rings. The van der Waals surface area contributed by atoms with Gasteiger partial charge in [-0.25, -0.2) is 0 Å². The van der Waals surface area contributed by atoms with Crippen molar-refractivity contribution in [2.24, 2.45) is 5.92 Å². The third-order valence-corrected chi connectivity index (χ3v) is 6.89. The molecule has 3 rings (SSSR count). The van der Waals surface area contributed by atoms with Gasteiger partial charge in [0.25, 0.3) is 5.91 Å². The SMILES string of the molecule is Cc1ccc(SC2CCCC2)c(C(=O)N2CCC(C(C)O)CC2)c1. The molecule has 1 aromatic carbocycles. The van der Waals surface area contributed by atoms with Crippen LogP contribution in [0, 0.1) is 12.8 Å². The van der Waals surface area contributed by atoms with Crippen molar-refractivity contribution in [3.05, 3.63) is 29.3 Å². The van der Waals surface area contributed by atoms with Crippen molar-refractivity contribution < 1.29 is 9.90 Å². The smallest absolute Gasteiger partial charge is 0.254 e. The molecular formula is C20H29NO2S. The predicted octanol–water partition coefficient (Wildman–Crippen LogP) is 4.26. The lowest BCUT2D eigenvalue weighted by molar-refractivity contribution is 0.0519. The van der Waals surface area contributed by atoms with E-state index >= 15 is 0 Å². The number of rotatable bonds is 4. The molecule has 0 spiro atoms. The quantitative estimate of drug-likeness (QED) is 0.884. The second kappa shape index (κ2) is 7.92. The molecule has 1 amide bonds. The van der Waals surface area contributed by atoms with Gasteiger partial charge in [0.05, 0.1) is 11.7 Å². The van der Waals surface area contributed by atoms with Gasteiger partial charge in [-0.05, 0) is 57.6 Å². The number of piperidine rings is 1. The molecule has 1 saturated heterocycles. The summed E-state index contributed by atoms with van der Waals surface area (Å²) < 4.78 is 0. The van der Waals surface area contributed by atoms with E-state index in [0.29, 0.717) is 11.2 Å². The summed E-state index contributed by atoms with van der Waals surface area (Å²) in [6.45, 7) is 5.44. The molecule has 2 fully saturated rings. The van der Waals surface area contributed by atoms with Crippen molar-refractivity contribution in [1.82, 2.24) is 4.90 Å². The second-order valence-corrected chi connectivity index (χ2v) is 8.74. The first-order valence-electron chi connectivity index (χ1n) is 9.29. The van der Waals surface area contributed by atoms with Crippen molar-refractivity contribution in [3.63, 3.8) is 0 Å².